The maximum atomic E-state index is 12.6. The molecule has 11 nitrogen and oxygen atoms in total. The van der Waals surface area contributed by atoms with Gasteiger partial charge in [-0.3, -0.25) is 4.79 Å². The number of rotatable bonds is 9. The van der Waals surface area contributed by atoms with Gasteiger partial charge in [-0.25, -0.2) is 9.78 Å². The second-order valence-corrected chi connectivity index (χ2v) is 9.73. The summed E-state index contributed by atoms with van der Waals surface area (Å²) in [6.45, 7) is 5.56. The van der Waals surface area contributed by atoms with E-state index in [4.69, 9.17) is 24.4 Å². The van der Waals surface area contributed by atoms with E-state index in [1.807, 2.05) is 43.3 Å². The quantitative estimate of drug-likeness (QED) is 0.254. The van der Waals surface area contributed by atoms with Gasteiger partial charge in [-0.2, -0.15) is 9.97 Å². The molecule has 3 aromatic carbocycles. The number of aromatic nitrogens is 3. The molecule has 4 aromatic rings. The van der Waals surface area contributed by atoms with Crippen molar-refractivity contribution in [1.29, 1.82) is 0 Å². The molecule has 1 aliphatic heterocycles. The predicted octanol–water partition coefficient (Wildman–Crippen LogP) is 4.37. The van der Waals surface area contributed by atoms with E-state index in [0.29, 0.717) is 74.0 Å². The number of benzene rings is 3. The van der Waals surface area contributed by atoms with Crippen molar-refractivity contribution >= 4 is 29.3 Å². The van der Waals surface area contributed by atoms with E-state index in [1.165, 1.54) is 0 Å². The van der Waals surface area contributed by atoms with Crippen molar-refractivity contribution in [2.24, 2.45) is 0 Å². The summed E-state index contributed by atoms with van der Waals surface area (Å²) in [7, 11) is 1.58. The Labute approximate surface area is 244 Å². The Hall–Kier alpha value is -4.87. The lowest BCUT2D eigenvalue weighted by Gasteiger charge is -2.27. The first-order valence-corrected chi connectivity index (χ1v) is 13.7. The van der Waals surface area contributed by atoms with Gasteiger partial charge < -0.3 is 30.3 Å². The second kappa shape index (κ2) is 13.7. The normalized spacial score (nSPS) is 13.0. The number of carbonyl (C=O) groups is 2. The van der Waals surface area contributed by atoms with Crippen LogP contribution >= 0.6 is 0 Å². The van der Waals surface area contributed by atoms with Crippen LogP contribution in [0.15, 0.2) is 72.8 Å². The molecular weight excluding hydrogens is 534 g/mol. The molecule has 1 aliphatic rings. The maximum absolute atomic E-state index is 12.6. The smallest absolute Gasteiger partial charge is 0.323 e. The fourth-order valence-electron chi connectivity index (χ4n) is 4.30. The van der Waals surface area contributed by atoms with E-state index in [0.717, 1.165) is 16.7 Å². The molecule has 3 amide bonds. The summed E-state index contributed by atoms with van der Waals surface area (Å²) in [5, 5.41) is 8.36. The number of aryl methyl sites for hydroxylation is 1. The first-order chi connectivity index (χ1) is 20.5. The number of amides is 3. The molecule has 1 fully saturated rings. The van der Waals surface area contributed by atoms with Crippen LogP contribution in [-0.4, -0.2) is 73.5 Å². The Morgan fingerprint density at radius 1 is 0.810 bits per heavy atom. The third-order valence-corrected chi connectivity index (χ3v) is 6.62. The van der Waals surface area contributed by atoms with E-state index < -0.39 is 6.03 Å². The molecule has 0 atom stereocenters. The molecule has 0 bridgehead atoms. The van der Waals surface area contributed by atoms with Gasteiger partial charge >= 0.3 is 6.03 Å². The number of ether oxygens (including phenoxy) is 2. The van der Waals surface area contributed by atoms with Crippen molar-refractivity contribution in [3.63, 3.8) is 0 Å². The summed E-state index contributed by atoms with van der Waals surface area (Å²) in [6, 6.07) is 21.7. The Morgan fingerprint density at radius 2 is 1.36 bits per heavy atom. The van der Waals surface area contributed by atoms with Gasteiger partial charge in [-0.1, -0.05) is 29.8 Å². The van der Waals surface area contributed by atoms with Crippen LogP contribution in [0.5, 0.6) is 0 Å². The van der Waals surface area contributed by atoms with Crippen LogP contribution in [0.4, 0.5) is 22.1 Å². The summed E-state index contributed by atoms with van der Waals surface area (Å²) in [6.07, 6.45) is 0. The van der Waals surface area contributed by atoms with Gasteiger partial charge in [0.15, 0.2) is 11.6 Å². The molecule has 0 radical (unpaired) electrons. The van der Waals surface area contributed by atoms with Crippen LogP contribution in [0.25, 0.3) is 22.8 Å². The highest BCUT2D eigenvalue weighted by molar-refractivity contribution is 6.00. The lowest BCUT2D eigenvalue weighted by molar-refractivity contribution is 0.0937. The van der Waals surface area contributed by atoms with E-state index in [2.05, 4.69) is 20.9 Å². The van der Waals surface area contributed by atoms with Crippen molar-refractivity contribution in [2.75, 3.05) is 62.1 Å². The number of carbonyl (C=O) groups excluding carboxylic acids is 2. The predicted molar refractivity (Wildman–Crippen MR) is 162 cm³/mol. The number of hydrogen-bond donors (Lipinski definition) is 3. The number of anilines is 3. The van der Waals surface area contributed by atoms with Gasteiger partial charge in [-0.15, -0.1) is 0 Å². The van der Waals surface area contributed by atoms with Crippen LogP contribution < -0.4 is 20.9 Å². The number of morpholine rings is 1. The monoisotopic (exact) mass is 567 g/mol. The SMILES string of the molecule is COCCNC(=O)c1ccc(NC(=O)Nc2ccc(-c3nc(-c4ccc(C)cc4)nc(N4CCOCC4)n3)cc2)cc1. The van der Waals surface area contributed by atoms with Crippen molar-refractivity contribution in [3.8, 4) is 22.8 Å². The van der Waals surface area contributed by atoms with Crippen molar-refractivity contribution in [3.05, 3.63) is 83.9 Å². The summed E-state index contributed by atoms with van der Waals surface area (Å²) in [5.41, 5.74) is 4.52. The van der Waals surface area contributed by atoms with E-state index >= 15 is 0 Å². The summed E-state index contributed by atoms with van der Waals surface area (Å²) in [5.74, 6) is 1.55. The highest BCUT2D eigenvalue weighted by atomic mass is 16.5. The van der Waals surface area contributed by atoms with Crippen LogP contribution in [0.3, 0.4) is 0 Å². The Bertz CT molecular complexity index is 1500. The van der Waals surface area contributed by atoms with Crippen LogP contribution in [0.1, 0.15) is 15.9 Å². The Kier molecular flexibility index (Phi) is 9.32. The zero-order valence-corrected chi connectivity index (χ0v) is 23.6. The third-order valence-electron chi connectivity index (χ3n) is 6.62. The molecule has 2 heterocycles. The topological polar surface area (TPSA) is 131 Å². The molecular formula is C31H33N7O4. The molecule has 11 heteroatoms. The van der Waals surface area contributed by atoms with E-state index in [9.17, 15) is 9.59 Å². The zero-order valence-electron chi connectivity index (χ0n) is 23.6. The molecule has 5 rings (SSSR count). The maximum Gasteiger partial charge on any atom is 0.323 e. The lowest BCUT2D eigenvalue weighted by Crippen LogP contribution is -2.37. The average Bonchev–Trinajstić information content (AvgIpc) is 3.02. The fourth-order valence-corrected chi connectivity index (χ4v) is 4.30. The minimum Gasteiger partial charge on any atom is -0.383 e. The summed E-state index contributed by atoms with van der Waals surface area (Å²) < 4.78 is 10.4. The minimum atomic E-state index is -0.406. The highest BCUT2D eigenvalue weighted by Crippen LogP contribution is 2.25. The van der Waals surface area contributed by atoms with Gasteiger partial charge in [0.1, 0.15) is 0 Å². The first-order valence-electron chi connectivity index (χ1n) is 13.7. The molecule has 3 N–H and O–H groups in total. The number of urea groups is 1. The molecule has 216 valence electrons. The molecule has 0 aliphatic carbocycles. The van der Waals surface area contributed by atoms with E-state index in [1.54, 1.807) is 43.5 Å². The summed E-state index contributed by atoms with van der Waals surface area (Å²) in [4.78, 5) is 41.2. The number of methoxy groups -OCH3 is 1. The van der Waals surface area contributed by atoms with Crippen LogP contribution in [0, 0.1) is 6.92 Å². The largest absolute Gasteiger partial charge is 0.383 e. The first kappa shape index (κ1) is 28.7. The fraction of sp³-hybridized carbons (Fsp3) is 0.258. The number of hydrogen-bond acceptors (Lipinski definition) is 8. The van der Waals surface area contributed by atoms with Crippen molar-refractivity contribution in [1.82, 2.24) is 20.3 Å². The van der Waals surface area contributed by atoms with Crippen LogP contribution in [0.2, 0.25) is 0 Å². The van der Waals surface area contributed by atoms with Gasteiger partial charge in [0.05, 0.1) is 19.8 Å². The van der Waals surface area contributed by atoms with Gasteiger partial charge in [0.2, 0.25) is 5.95 Å². The van der Waals surface area contributed by atoms with Crippen LogP contribution in [-0.2, 0) is 9.47 Å². The van der Waals surface area contributed by atoms with Crippen molar-refractivity contribution in [2.45, 2.75) is 6.92 Å². The van der Waals surface area contributed by atoms with Gasteiger partial charge in [-0.05, 0) is 55.5 Å². The minimum absolute atomic E-state index is 0.204. The zero-order chi connectivity index (χ0) is 29.3. The molecule has 1 aromatic heterocycles. The van der Waals surface area contributed by atoms with Crippen molar-refractivity contribution < 1.29 is 19.1 Å². The molecule has 0 saturated carbocycles. The average molecular weight is 568 g/mol. The molecule has 0 spiro atoms. The Balaban J connectivity index is 1.27. The number of nitrogens with zero attached hydrogens (tertiary/aromatic N) is 4. The highest BCUT2D eigenvalue weighted by Gasteiger charge is 2.18. The molecule has 1 saturated heterocycles. The third kappa shape index (κ3) is 7.45. The lowest BCUT2D eigenvalue weighted by atomic mass is 10.1. The molecule has 42 heavy (non-hydrogen) atoms. The van der Waals surface area contributed by atoms with Gasteiger partial charge in [0, 0.05) is 54.8 Å². The number of nitrogens with one attached hydrogen (secondary N) is 3. The Morgan fingerprint density at radius 3 is 1.93 bits per heavy atom. The standard InChI is InChI=1S/C31H33N7O4/c1-21-3-5-22(6-4-21)27-35-28(37-30(36-27)38-16-19-42-20-17-38)23-7-11-25(12-8-23)33-31(40)34-26-13-9-24(10-14-26)29(39)32-15-18-41-2/h3-14H,15-20H2,1-2H3,(H,32,39)(H2,33,34,40). The second-order valence-electron chi connectivity index (χ2n) is 9.73. The van der Waals surface area contributed by atoms with Gasteiger partial charge in [0.25, 0.3) is 5.91 Å². The van der Waals surface area contributed by atoms with E-state index in [-0.39, 0.29) is 5.91 Å². The summed E-state index contributed by atoms with van der Waals surface area (Å²) >= 11 is 0. The molecule has 0 unspecified atom stereocenters.